The van der Waals surface area contributed by atoms with E-state index < -0.39 is 27.9 Å². The number of anilines is 1. The van der Waals surface area contributed by atoms with E-state index in [-0.39, 0.29) is 34.6 Å². The molecule has 0 bridgehead atoms. The van der Waals surface area contributed by atoms with Crippen LogP contribution in [0.4, 0.5) is 18.9 Å². The van der Waals surface area contributed by atoms with Crippen molar-refractivity contribution >= 4 is 21.6 Å². The van der Waals surface area contributed by atoms with E-state index in [4.69, 9.17) is 14.2 Å². The van der Waals surface area contributed by atoms with Crippen LogP contribution >= 0.6 is 0 Å². The molecule has 1 saturated heterocycles. The van der Waals surface area contributed by atoms with Crippen molar-refractivity contribution < 1.29 is 40.6 Å². The van der Waals surface area contributed by atoms with Crippen LogP contribution < -0.4 is 14.2 Å². The smallest absolute Gasteiger partial charge is 0.416 e. The monoisotopic (exact) mass is 472 g/mol. The first-order valence-corrected chi connectivity index (χ1v) is 11.1. The molecule has 1 atom stereocenters. The lowest BCUT2D eigenvalue weighted by Gasteiger charge is -2.32. The summed E-state index contributed by atoms with van der Waals surface area (Å²) < 4.78 is 82.6. The number of hydrogen-bond donors (Lipinski definition) is 1. The molecule has 0 saturated carbocycles. The first kappa shape index (κ1) is 22.2. The van der Waals surface area contributed by atoms with Gasteiger partial charge in [-0.1, -0.05) is 6.07 Å². The van der Waals surface area contributed by atoms with E-state index >= 15 is 0 Å². The summed E-state index contributed by atoms with van der Waals surface area (Å²) in [6.45, 7) is 1.67. The number of ether oxygens (including phenoxy) is 3. The molecule has 2 aliphatic heterocycles. The van der Waals surface area contributed by atoms with Crippen molar-refractivity contribution in [2.75, 3.05) is 37.6 Å². The summed E-state index contributed by atoms with van der Waals surface area (Å²) in [6.07, 6.45) is -5.47. The van der Waals surface area contributed by atoms with Gasteiger partial charge in [0.15, 0.2) is 11.5 Å². The Labute approximate surface area is 181 Å². The van der Waals surface area contributed by atoms with Crippen LogP contribution in [-0.4, -0.2) is 58.2 Å². The van der Waals surface area contributed by atoms with Gasteiger partial charge in [0.1, 0.15) is 6.61 Å². The quantitative estimate of drug-likeness (QED) is 0.735. The van der Waals surface area contributed by atoms with Gasteiger partial charge in [-0.25, -0.2) is 8.42 Å². The number of benzene rings is 2. The maximum absolute atomic E-state index is 12.9. The van der Waals surface area contributed by atoms with Gasteiger partial charge in [0.05, 0.1) is 23.7 Å². The summed E-state index contributed by atoms with van der Waals surface area (Å²) >= 11 is 0. The molecule has 12 heteroatoms. The van der Waals surface area contributed by atoms with E-state index in [0.29, 0.717) is 32.4 Å². The van der Waals surface area contributed by atoms with E-state index in [9.17, 15) is 26.4 Å². The average Bonchev–Trinajstić information content (AvgIpc) is 2.78. The maximum atomic E-state index is 12.9. The highest BCUT2D eigenvalue weighted by molar-refractivity contribution is 7.92. The Bertz CT molecular complexity index is 1120. The molecule has 0 unspecified atom stereocenters. The predicted octanol–water partition coefficient (Wildman–Crippen LogP) is 2.50. The van der Waals surface area contributed by atoms with Crippen LogP contribution in [0.5, 0.6) is 11.5 Å². The van der Waals surface area contributed by atoms with E-state index in [0.717, 1.165) is 12.1 Å². The summed E-state index contributed by atoms with van der Waals surface area (Å²) in [5.41, 5.74) is -1.21. The minimum absolute atomic E-state index is 0.103. The van der Waals surface area contributed by atoms with Gasteiger partial charge in [-0.05, 0) is 30.3 Å². The Hall–Kier alpha value is -2.99. The normalized spacial score (nSPS) is 18.8. The lowest BCUT2D eigenvalue weighted by atomic mass is 10.2. The Kier molecular flexibility index (Phi) is 5.91. The molecule has 0 radical (unpaired) electrons. The summed E-state index contributed by atoms with van der Waals surface area (Å²) in [6, 6.07) is 7.63. The van der Waals surface area contributed by atoms with Crippen molar-refractivity contribution in [3.8, 4) is 11.5 Å². The molecule has 2 aromatic rings. The van der Waals surface area contributed by atoms with E-state index in [1.807, 2.05) is 0 Å². The van der Waals surface area contributed by atoms with Crippen LogP contribution in [0, 0.1) is 0 Å². The number of nitrogens with zero attached hydrogens (tertiary/aromatic N) is 1. The van der Waals surface area contributed by atoms with Gasteiger partial charge in [0.25, 0.3) is 15.9 Å². The average molecular weight is 472 g/mol. The van der Waals surface area contributed by atoms with Crippen molar-refractivity contribution in [3.05, 3.63) is 48.0 Å². The lowest BCUT2D eigenvalue weighted by Crippen LogP contribution is -2.50. The lowest BCUT2D eigenvalue weighted by molar-refractivity contribution is -0.145. The molecular weight excluding hydrogens is 453 g/mol. The van der Waals surface area contributed by atoms with E-state index in [1.165, 1.54) is 24.3 Å². The summed E-state index contributed by atoms with van der Waals surface area (Å²) in [5, 5.41) is 0. The highest BCUT2D eigenvalue weighted by Crippen LogP contribution is 2.35. The van der Waals surface area contributed by atoms with Crippen LogP contribution in [0.2, 0.25) is 0 Å². The second kappa shape index (κ2) is 8.51. The Balaban J connectivity index is 1.49. The fraction of sp³-hybridized carbons (Fsp3) is 0.350. The highest BCUT2D eigenvalue weighted by atomic mass is 32.2. The molecule has 1 N–H and O–H groups in total. The third-order valence-corrected chi connectivity index (χ3v) is 6.30. The molecule has 8 nitrogen and oxygen atoms in total. The topological polar surface area (TPSA) is 94.2 Å². The zero-order chi connectivity index (χ0) is 22.9. The van der Waals surface area contributed by atoms with Gasteiger partial charge in [-0.15, -0.1) is 0 Å². The largest absolute Gasteiger partial charge is 0.485 e. The number of fused-ring (bicyclic) bond motifs is 1. The van der Waals surface area contributed by atoms with Gasteiger partial charge in [0, 0.05) is 24.8 Å². The summed E-state index contributed by atoms with van der Waals surface area (Å²) in [4.78, 5) is 14.0. The number of carbonyl (C=O) groups is 1. The number of alkyl halides is 3. The van der Waals surface area contributed by atoms with E-state index in [1.54, 1.807) is 4.90 Å². The first-order valence-electron chi connectivity index (χ1n) is 9.64. The van der Waals surface area contributed by atoms with Crippen molar-refractivity contribution in [3.63, 3.8) is 0 Å². The Morgan fingerprint density at radius 2 is 1.81 bits per heavy atom. The molecular formula is C20H19F3N2O6S. The minimum atomic E-state index is -4.60. The predicted molar refractivity (Wildman–Crippen MR) is 106 cm³/mol. The number of amides is 1. The van der Waals surface area contributed by atoms with Gasteiger partial charge in [-0.2, -0.15) is 13.2 Å². The maximum Gasteiger partial charge on any atom is 0.416 e. The SMILES string of the molecule is O=C([C@H]1COc2cc(S(=O)(=O)Nc3cccc(C(F)(F)F)c3)ccc2O1)N1CCOCC1. The Morgan fingerprint density at radius 1 is 1.06 bits per heavy atom. The molecule has 172 valence electrons. The van der Waals surface area contributed by atoms with Gasteiger partial charge >= 0.3 is 6.18 Å². The highest BCUT2D eigenvalue weighted by Gasteiger charge is 2.33. The third kappa shape index (κ3) is 4.75. The van der Waals surface area contributed by atoms with Crippen molar-refractivity contribution in [1.82, 2.24) is 4.90 Å². The number of morpholine rings is 1. The van der Waals surface area contributed by atoms with Gasteiger partial charge in [0.2, 0.25) is 6.10 Å². The zero-order valence-electron chi connectivity index (χ0n) is 16.6. The molecule has 4 rings (SSSR count). The van der Waals surface area contributed by atoms with Crippen molar-refractivity contribution in [2.24, 2.45) is 0 Å². The third-order valence-electron chi connectivity index (χ3n) is 4.93. The summed E-state index contributed by atoms with van der Waals surface area (Å²) in [5.74, 6) is 0.0608. The van der Waals surface area contributed by atoms with Crippen LogP contribution in [0.25, 0.3) is 0 Å². The number of carbonyl (C=O) groups excluding carboxylic acids is 1. The van der Waals surface area contributed by atoms with Crippen molar-refractivity contribution in [1.29, 1.82) is 0 Å². The van der Waals surface area contributed by atoms with Gasteiger partial charge < -0.3 is 19.1 Å². The Morgan fingerprint density at radius 3 is 2.53 bits per heavy atom. The van der Waals surface area contributed by atoms with Crippen LogP contribution in [-0.2, 0) is 25.7 Å². The molecule has 0 aromatic heterocycles. The second-order valence-electron chi connectivity index (χ2n) is 7.15. The number of rotatable bonds is 4. The number of sulfonamides is 1. The van der Waals surface area contributed by atoms with E-state index in [2.05, 4.69) is 4.72 Å². The van der Waals surface area contributed by atoms with Gasteiger partial charge in [-0.3, -0.25) is 9.52 Å². The molecule has 1 fully saturated rings. The van der Waals surface area contributed by atoms with Crippen LogP contribution in [0.15, 0.2) is 47.4 Å². The van der Waals surface area contributed by atoms with Crippen LogP contribution in [0.1, 0.15) is 5.56 Å². The molecule has 2 aliphatic rings. The number of hydrogen-bond acceptors (Lipinski definition) is 6. The summed E-state index contributed by atoms with van der Waals surface area (Å²) in [7, 11) is -4.20. The molecule has 2 heterocycles. The first-order chi connectivity index (χ1) is 15.1. The fourth-order valence-electron chi connectivity index (χ4n) is 3.30. The zero-order valence-corrected chi connectivity index (χ0v) is 17.4. The molecule has 0 aliphatic carbocycles. The van der Waals surface area contributed by atoms with Crippen molar-refractivity contribution in [2.45, 2.75) is 17.2 Å². The standard InChI is InChI=1S/C20H19F3N2O6S/c21-20(22,23)13-2-1-3-14(10-13)24-32(27,28)15-4-5-16-17(11-15)30-12-18(31-16)19(26)25-6-8-29-9-7-25/h1-5,10-11,18,24H,6-9,12H2/t18-/m1/s1. The molecule has 32 heavy (non-hydrogen) atoms. The molecule has 0 spiro atoms. The van der Waals surface area contributed by atoms with Crippen LogP contribution in [0.3, 0.4) is 0 Å². The fourth-order valence-corrected chi connectivity index (χ4v) is 4.37. The number of halogens is 3. The second-order valence-corrected chi connectivity index (χ2v) is 8.83. The number of nitrogens with one attached hydrogen (secondary N) is 1. The molecule has 1 amide bonds. The molecule has 2 aromatic carbocycles. The minimum Gasteiger partial charge on any atom is -0.485 e.